The average Bonchev–Trinajstić information content (AvgIpc) is 3.16. The van der Waals surface area contributed by atoms with Crippen LogP contribution in [-0.4, -0.2) is 85.5 Å². The maximum atomic E-state index is 11.9. The number of Topliss-reactive ketones (excluding diaryl/α,β-unsaturated/α-hetero) is 1. The smallest absolute Gasteiger partial charge is 0.304 e. The number of aliphatic carboxylic acids is 1. The minimum absolute atomic E-state index is 0.0527. The number of nitrogens with zero attached hydrogens (tertiary/aromatic N) is 1. The Morgan fingerprint density at radius 1 is 0.607 bits per heavy atom. The first-order valence-corrected chi connectivity index (χ1v) is 25.9. The molecule has 0 fully saturated rings. The van der Waals surface area contributed by atoms with Crippen LogP contribution in [0.5, 0.6) is 0 Å². The van der Waals surface area contributed by atoms with Crippen molar-refractivity contribution in [1.29, 1.82) is 0 Å². The van der Waals surface area contributed by atoms with E-state index in [0.29, 0.717) is 6.61 Å². The van der Waals surface area contributed by atoms with Crippen molar-refractivity contribution in [3.05, 3.63) is 24.3 Å². The molecule has 0 aliphatic carbocycles. The van der Waals surface area contributed by atoms with E-state index < -0.39 is 11.2 Å². The zero-order valence-electron chi connectivity index (χ0n) is 37.6. The molecule has 0 saturated heterocycles. The maximum Gasteiger partial charge on any atom is 0.304 e. The van der Waals surface area contributed by atoms with Gasteiger partial charge < -0.3 is 19.1 Å². The van der Waals surface area contributed by atoms with E-state index in [9.17, 15) is 9.59 Å². The highest BCUT2D eigenvalue weighted by Gasteiger charge is 2.24. The molecule has 0 aromatic carbocycles. The number of allylic oxidation sites excluding steroid dienone is 4. The van der Waals surface area contributed by atoms with Gasteiger partial charge in [0.1, 0.15) is 18.4 Å². The summed E-state index contributed by atoms with van der Waals surface area (Å²) < 4.78 is 13.5. The molecule has 0 aromatic heterocycles. The van der Waals surface area contributed by atoms with Crippen LogP contribution in [0.4, 0.5) is 0 Å². The van der Waals surface area contributed by atoms with E-state index in [1.807, 2.05) is 0 Å². The lowest BCUT2D eigenvalue weighted by atomic mass is 10.1. The lowest BCUT2D eigenvalue weighted by Crippen LogP contribution is -2.48. The Balaban J connectivity index is 4.35. The van der Waals surface area contributed by atoms with Gasteiger partial charge in [-0.15, -0.1) is 0 Å². The highest BCUT2D eigenvalue weighted by atomic mass is 33.1. The molecule has 1 N–H and O–H groups in total. The van der Waals surface area contributed by atoms with Gasteiger partial charge in [-0.2, -0.15) is 0 Å². The fourth-order valence-electron chi connectivity index (χ4n) is 6.88. The minimum atomic E-state index is -0.923. The number of carbonyl (C=O) groups excluding carboxylic acids is 1. The normalized spacial score (nSPS) is 13.3. The van der Waals surface area contributed by atoms with Crippen LogP contribution in [-0.2, 0) is 19.1 Å². The van der Waals surface area contributed by atoms with Crippen molar-refractivity contribution < 1.29 is 28.7 Å². The first kappa shape index (κ1) is 55.2. The monoisotopic (exact) mass is 827 g/mol. The van der Waals surface area contributed by atoms with Gasteiger partial charge in [0.25, 0.3) is 0 Å². The summed E-state index contributed by atoms with van der Waals surface area (Å²) in [4.78, 5) is 23.0. The SMILES string of the molecule is CCCCCCCC/C=C\CCCCCCCCOCC(C[N+](C)(C)CCSSC(CC(=O)O)C(C)=O)OCCCCCCCC/C=C\CCCCCCCC. The van der Waals surface area contributed by atoms with Crippen molar-refractivity contribution in [2.75, 3.05) is 52.8 Å². The largest absolute Gasteiger partial charge is 0.481 e. The molecular formula is C48H92NO5S2+. The Morgan fingerprint density at radius 2 is 1.02 bits per heavy atom. The maximum absolute atomic E-state index is 11.9. The van der Waals surface area contributed by atoms with Crippen LogP contribution >= 0.6 is 21.6 Å². The standard InChI is InChI=1S/C48H91NO5S2/c1-6-8-10-12-14-16-18-20-22-24-26-28-30-32-34-36-39-53-44-46(43-49(4,5)38-41-55-56-47(45(3)50)42-48(51)52)54-40-37-35-33-31-29-27-25-23-21-19-17-15-13-11-9-7-2/h20-23,46-47H,6-19,24-44H2,1-5H3/p+1/b22-20-,23-21-. The molecule has 0 spiro atoms. The first-order chi connectivity index (χ1) is 27.2. The number of hydrogen-bond acceptors (Lipinski definition) is 6. The van der Waals surface area contributed by atoms with E-state index in [4.69, 9.17) is 14.6 Å². The van der Waals surface area contributed by atoms with Gasteiger partial charge in [0.2, 0.25) is 0 Å². The fourth-order valence-corrected chi connectivity index (χ4v) is 9.67. The van der Waals surface area contributed by atoms with Crippen molar-refractivity contribution in [2.24, 2.45) is 0 Å². The Kier molecular flexibility index (Phi) is 41.7. The number of carboxylic acid groups (broad SMARTS) is 1. The molecule has 0 aliphatic heterocycles. The predicted molar refractivity (Wildman–Crippen MR) is 248 cm³/mol. The number of ketones is 1. The lowest BCUT2D eigenvalue weighted by Gasteiger charge is -2.33. The third-order valence-electron chi connectivity index (χ3n) is 10.6. The number of quaternary nitrogens is 1. The van der Waals surface area contributed by atoms with Crippen molar-refractivity contribution in [1.82, 2.24) is 0 Å². The van der Waals surface area contributed by atoms with Crippen LogP contribution in [0.1, 0.15) is 207 Å². The topological polar surface area (TPSA) is 72.8 Å². The zero-order valence-corrected chi connectivity index (χ0v) is 39.2. The highest BCUT2D eigenvalue weighted by Crippen LogP contribution is 2.30. The number of ether oxygens (including phenoxy) is 2. The number of hydrogen-bond donors (Lipinski definition) is 1. The van der Waals surface area contributed by atoms with E-state index in [2.05, 4.69) is 52.2 Å². The summed E-state index contributed by atoms with van der Waals surface area (Å²) in [6.45, 7) is 10.0. The summed E-state index contributed by atoms with van der Waals surface area (Å²) in [5.41, 5.74) is 0. The Bertz CT molecular complexity index is 927. The first-order valence-electron chi connectivity index (χ1n) is 23.5. The van der Waals surface area contributed by atoms with E-state index in [1.165, 1.54) is 185 Å². The quantitative estimate of drug-likeness (QED) is 0.0284. The Labute approximate surface area is 355 Å². The molecule has 330 valence electrons. The van der Waals surface area contributed by atoms with Gasteiger partial charge >= 0.3 is 5.97 Å². The van der Waals surface area contributed by atoms with E-state index in [0.717, 1.165) is 49.4 Å². The molecule has 6 nitrogen and oxygen atoms in total. The van der Waals surface area contributed by atoms with Crippen molar-refractivity contribution in [3.8, 4) is 0 Å². The number of unbranched alkanes of at least 4 members (excludes halogenated alkanes) is 24. The van der Waals surface area contributed by atoms with Crippen molar-refractivity contribution >= 4 is 33.3 Å². The molecule has 0 amide bonds. The Hall–Kier alpha value is -0.800. The molecule has 0 aromatic rings. The second-order valence-electron chi connectivity index (χ2n) is 16.9. The van der Waals surface area contributed by atoms with Crippen molar-refractivity contribution in [2.45, 2.75) is 218 Å². The molecule has 0 saturated carbocycles. The van der Waals surface area contributed by atoms with Crippen LogP contribution in [0.15, 0.2) is 24.3 Å². The summed E-state index contributed by atoms with van der Waals surface area (Å²) in [5, 5.41) is 8.66. The minimum Gasteiger partial charge on any atom is -0.481 e. The average molecular weight is 827 g/mol. The molecule has 0 bridgehead atoms. The van der Waals surface area contributed by atoms with Gasteiger partial charge in [0, 0.05) is 13.2 Å². The number of carbonyl (C=O) groups is 2. The molecule has 0 heterocycles. The summed E-state index contributed by atoms with van der Waals surface area (Å²) in [6.07, 6.45) is 46.1. The van der Waals surface area contributed by atoms with E-state index in [1.54, 1.807) is 10.8 Å². The van der Waals surface area contributed by atoms with E-state index in [-0.39, 0.29) is 18.3 Å². The number of carboxylic acids is 1. The molecule has 0 rings (SSSR count). The fraction of sp³-hybridized carbons (Fsp3) is 0.875. The summed E-state index contributed by atoms with van der Waals surface area (Å²) in [6, 6.07) is 0. The molecular weight excluding hydrogens is 735 g/mol. The number of rotatable bonds is 45. The van der Waals surface area contributed by atoms with Crippen LogP contribution in [0.2, 0.25) is 0 Å². The van der Waals surface area contributed by atoms with Gasteiger partial charge in [-0.3, -0.25) is 9.59 Å². The Morgan fingerprint density at radius 3 is 1.45 bits per heavy atom. The second-order valence-corrected chi connectivity index (χ2v) is 19.6. The molecule has 8 heteroatoms. The van der Waals surface area contributed by atoms with Crippen molar-refractivity contribution in [3.63, 3.8) is 0 Å². The summed E-state index contributed by atoms with van der Waals surface area (Å²) in [7, 11) is 7.47. The van der Waals surface area contributed by atoms with Gasteiger partial charge in [-0.05, 0) is 71.1 Å². The van der Waals surface area contributed by atoms with Crippen LogP contribution < -0.4 is 0 Å². The highest BCUT2D eigenvalue weighted by molar-refractivity contribution is 8.77. The van der Waals surface area contributed by atoms with Crippen LogP contribution in [0, 0.1) is 0 Å². The summed E-state index contributed by atoms with van der Waals surface area (Å²) >= 11 is 0. The molecule has 0 radical (unpaired) electrons. The molecule has 56 heavy (non-hydrogen) atoms. The van der Waals surface area contributed by atoms with Crippen LogP contribution in [0.3, 0.4) is 0 Å². The molecule has 2 unspecified atom stereocenters. The third-order valence-corrected chi connectivity index (χ3v) is 13.4. The third kappa shape index (κ3) is 41.4. The molecule has 0 aliphatic rings. The van der Waals surface area contributed by atoms with Crippen LogP contribution in [0.25, 0.3) is 0 Å². The van der Waals surface area contributed by atoms with Gasteiger partial charge in [-0.1, -0.05) is 175 Å². The molecule has 2 atom stereocenters. The van der Waals surface area contributed by atoms with E-state index >= 15 is 0 Å². The number of likely N-dealkylation sites (N-methyl/N-ethyl adjacent to an activating group) is 1. The second kappa shape index (κ2) is 42.3. The summed E-state index contributed by atoms with van der Waals surface area (Å²) in [5.74, 6) is -0.148. The van der Waals surface area contributed by atoms with Gasteiger partial charge in [-0.25, -0.2) is 0 Å². The zero-order chi connectivity index (χ0) is 41.2. The predicted octanol–water partition coefficient (Wildman–Crippen LogP) is 14.4. The van der Waals surface area contributed by atoms with Gasteiger partial charge in [0.05, 0.1) is 44.7 Å². The lowest BCUT2D eigenvalue weighted by molar-refractivity contribution is -0.891. The van der Waals surface area contributed by atoms with Gasteiger partial charge in [0.15, 0.2) is 0 Å².